The molecule has 0 bridgehead atoms. The molecule has 0 aliphatic heterocycles. The average molecular weight is 345 g/mol. The second-order valence-electron chi connectivity index (χ2n) is 5.59. The van der Waals surface area contributed by atoms with Gasteiger partial charge in [-0.25, -0.2) is 9.97 Å². The molecular formula is C18H14F3N3O. The molecule has 0 spiro atoms. The summed E-state index contributed by atoms with van der Waals surface area (Å²) < 4.78 is 39.0. The zero-order valence-electron chi connectivity index (χ0n) is 13.0. The van der Waals surface area contributed by atoms with Crippen LogP contribution in [0, 0.1) is 0 Å². The minimum absolute atomic E-state index is 0.230. The van der Waals surface area contributed by atoms with Gasteiger partial charge in [0.2, 0.25) is 11.7 Å². The SMILES string of the molecule is NC(=O)C1=CCC(c2cnc(C(F)(F)F)nc2-c2ccccc2)C=C1. The smallest absolute Gasteiger partial charge is 0.366 e. The highest BCUT2D eigenvalue weighted by molar-refractivity contribution is 5.95. The fourth-order valence-corrected chi connectivity index (χ4v) is 2.66. The summed E-state index contributed by atoms with van der Waals surface area (Å²) in [5.74, 6) is -1.95. The Kier molecular flexibility index (Phi) is 4.39. The second kappa shape index (κ2) is 6.51. The molecule has 2 N–H and O–H groups in total. The molecule has 0 fully saturated rings. The normalized spacial score (nSPS) is 17.2. The predicted molar refractivity (Wildman–Crippen MR) is 86.2 cm³/mol. The molecule has 1 aliphatic rings. The molecule has 0 saturated carbocycles. The molecular weight excluding hydrogens is 331 g/mol. The second-order valence-corrected chi connectivity index (χ2v) is 5.59. The molecule has 2 aromatic rings. The van der Waals surface area contributed by atoms with Crippen LogP contribution in [0.15, 0.2) is 60.3 Å². The molecule has 1 unspecified atom stereocenters. The lowest BCUT2D eigenvalue weighted by atomic mass is 9.88. The predicted octanol–water partition coefficient (Wildman–Crippen LogP) is 3.62. The maximum atomic E-state index is 13.0. The van der Waals surface area contributed by atoms with Crippen LogP contribution in [0.1, 0.15) is 23.7 Å². The number of hydrogen-bond acceptors (Lipinski definition) is 3. The summed E-state index contributed by atoms with van der Waals surface area (Å²) >= 11 is 0. The molecule has 0 saturated heterocycles. The van der Waals surface area contributed by atoms with Crippen molar-refractivity contribution in [1.82, 2.24) is 9.97 Å². The van der Waals surface area contributed by atoms with E-state index in [1.165, 1.54) is 6.20 Å². The fourth-order valence-electron chi connectivity index (χ4n) is 2.66. The van der Waals surface area contributed by atoms with Crippen molar-refractivity contribution < 1.29 is 18.0 Å². The molecule has 1 atom stereocenters. The fraction of sp³-hybridized carbons (Fsp3) is 0.167. The van der Waals surface area contributed by atoms with Gasteiger partial charge in [0.25, 0.3) is 0 Å². The van der Waals surface area contributed by atoms with Crippen LogP contribution in [0.3, 0.4) is 0 Å². The molecule has 7 heteroatoms. The lowest BCUT2D eigenvalue weighted by Crippen LogP contribution is -2.16. The van der Waals surface area contributed by atoms with Crippen molar-refractivity contribution in [2.24, 2.45) is 5.73 Å². The number of allylic oxidation sites excluding steroid dienone is 2. The lowest BCUT2D eigenvalue weighted by Gasteiger charge is -2.19. The molecule has 1 heterocycles. The maximum Gasteiger partial charge on any atom is 0.451 e. The van der Waals surface area contributed by atoms with Crippen molar-refractivity contribution in [1.29, 1.82) is 0 Å². The number of primary amides is 1. The highest BCUT2D eigenvalue weighted by Crippen LogP contribution is 2.35. The Hall–Kier alpha value is -2.96. The van der Waals surface area contributed by atoms with Crippen LogP contribution in [0.2, 0.25) is 0 Å². The van der Waals surface area contributed by atoms with Crippen LogP contribution >= 0.6 is 0 Å². The Balaban J connectivity index is 2.05. The van der Waals surface area contributed by atoms with Gasteiger partial charge >= 0.3 is 6.18 Å². The number of amides is 1. The molecule has 3 rings (SSSR count). The van der Waals surface area contributed by atoms with Crippen LogP contribution in [0.5, 0.6) is 0 Å². The van der Waals surface area contributed by atoms with Gasteiger partial charge in [-0.2, -0.15) is 13.2 Å². The number of rotatable bonds is 3. The number of hydrogen-bond donors (Lipinski definition) is 1. The van der Waals surface area contributed by atoms with Gasteiger partial charge < -0.3 is 5.73 Å². The summed E-state index contributed by atoms with van der Waals surface area (Å²) in [6.45, 7) is 0. The number of aromatic nitrogens is 2. The summed E-state index contributed by atoms with van der Waals surface area (Å²) in [5.41, 5.74) is 6.98. The summed E-state index contributed by atoms with van der Waals surface area (Å²) in [6, 6.07) is 8.64. The topological polar surface area (TPSA) is 68.9 Å². The standard InChI is InChI=1S/C18H14F3N3O/c19-18(20,21)17-23-10-14(11-6-8-13(9-7-11)16(22)25)15(24-17)12-4-2-1-3-5-12/h1-6,8-11H,7H2,(H2,22,25). The van der Waals surface area contributed by atoms with E-state index in [0.717, 1.165) is 0 Å². The first-order valence-electron chi connectivity index (χ1n) is 7.54. The number of halogens is 3. The third-order valence-electron chi connectivity index (χ3n) is 3.90. The molecule has 4 nitrogen and oxygen atoms in total. The highest BCUT2D eigenvalue weighted by Gasteiger charge is 2.35. The Morgan fingerprint density at radius 1 is 1.20 bits per heavy atom. The third kappa shape index (κ3) is 3.60. The molecule has 128 valence electrons. The van der Waals surface area contributed by atoms with Crippen LogP contribution in [-0.4, -0.2) is 15.9 Å². The van der Waals surface area contributed by atoms with Crippen molar-refractivity contribution in [3.8, 4) is 11.3 Å². The van der Waals surface area contributed by atoms with E-state index in [4.69, 9.17) is 5.73 Å². The van der Waals surface area contributed by atoms with Crippen LogP contribution in [0.4, 0.5) is 13.2 Å². The van der Waals surface area contributed by atoms with Crippen LogP contribution in [0.25, 0.3) is 11.3 Å². The number of carbonyl (C=O) groups excluding carboxylic acids is 1. The van der Waals surface area contributed by atoms with E-state index in [1.54, 1.807) is 48.6 Å². The zero-order valence-corrected chi connectivity index (χ0v) is 13.0. The van der Waals surface area contributed by atoms with Crippen molar-refractivity contribution in [2.45, 2.75) is 18.5 Å². The van der Waals surface area contributed by atoms with E-state index >= 15 is 0 Å². The molecule has 0 radical (unpaired) electrons. The monoisotopic (exact) mass is 345 g/mol. The Labute approximate surface area is 141 Å². The Morgan fingerprint density at radius 3 is 2.48 bits per heavy atom. The summed E-state index contributed by atoms with van der Waals surface area (Å²) in [7, 11) is 0. The van der Waals surface area contributed by atoms with Gasteiger partial charge in [-0.1, -0.05) is 48.6 Å². The van der Waals surface area contributed by atoms with Crippen molar-refractivity contribution >= 4 is 5.91 Å². The maximum absolute atomic E-state index is 13.0. The van der Waals surface area contributed by atoms with Gasteiger partial charge in [0.1, 0.15) is 0 Å². The molecule has 1 aromatic carbocycles. The van der Waals surface area contributed by atoms with Gasteiger partial charge in [0.15, 0.2) is 0 Å². The van der Waals surface area contributed by atoms with Crippen LogP contribution in [-0.2, 0) is 11.0 Å². The van der Waals surface area contributed by atoms with Gasteiger partial charge in [-0.05, 0) is 6.42 Å². The minimum atomic E-state index is -4.62. The first-order valence-corrected chi connectivity index (χ1v) is 7.54. The summed E-state index contributed by atoms with van der Waals surface area (Å²) in [5, 5.41) is 0. The zero-order chi connectivity index (χ0) is 18.0. The number of nitrogens with two attached hydrogens (primary N) is 1. The van der Waals surface area contributed by atoms with E-state index in [-0.39, 0.29) is 11.6 Å². The third-order valence-corrected chi connectivity index (χ3v) is 3.90. The van der Waals surface area contributed by atoms with Gasteiger partial charge in [-0.15, -0.1) is 0 Å². The van der Waals surface area contributed by atoms with E-state index < -0.39 is 17.9 Å². The van der Waals surface area contributed by atoms with E-state index in [0.29, 0.717) is 23.1 Å². The molecule has 25 heavy (non-hydrogen) atoms. The van der Waals surface area contributed by atoms with E-state index in [2.05, 4.69) is 9.97 Å². The van der Waals surface area contributed by atoms with Gasteiger partial charge in [-0.3, -0.25) is 4.79 Å². The lowest BCUT2D eigenvalue weighted by molar-refractivity contribution is -0.144. The highest BCUT2D eigenvalue weighted by atomic mass is 19.4. The molecule has 1 aliphatic carbocycles. The molecule has 1 amide bonds. The number of nitrogens with zero attached hydrogens (tertiary/aromatic N) is 2. The summed E-state index contributed by atoms with van der Waals surface area (Å²) in [6.07, 6.45) is 1.99. The first-order chi connectivity index (χ1) is 11.9. The number of carbonyl (C=O) groups is 1. The minimum Gasteiger partial charge on any atom is -0.366 e. The average Bonchev–Trinajstić information content (AvgIpc) is 2.61. The number of benzene rings is 1. The number of alkyl halides is 3. The van der Waals surface area contributed by atoms with Gasteiger partial charge in [0.05, 0.1) is 5.69 Å². The van der Waals surface area contributed by atoms with Crippen molar-refractivity contribution in [3.63, 3.8) is 0 Å². The summed E-state index contributed by atoms with van der Waals surface area (Å²) in [4.78, 5) is 18.4. The van der Waals surface area contributed by atoms with E-state index in [1.807, 2.05) is 0 Å². The van der Waals surface area contributed by atoms with E-state index in [9.17, 15) is 18.0 Å². The molecule has 1 aromatic heterocycles. The largest absolute Gasteiger partial charge is 0.451 e. The first kappa shape index (κ1) is 16.9. The Bertz CT molecular complexity index is 858. The quantitative estimate of drug-likeness (QED) is 0.924. The van der Waals surface area contributed by atoms with Crippen molar-refractivity contribution in [2.75, 3.05) is 0 Å². The van der Waals surface area contributed by atoms with Crippen molar-refractivity contribution in [3.05, 3.63) is 71.7 Å². The van der Waals surface area contributed by atoms with Gasteiger partial charge in [0, 0.05) is 28.8 Å². The van der Waals surface area contributed by atoms with Crippen LogP contribution < -0.4 is 5.73 Å². The Morgan fingerprint density at radius 2 is 1.92 bits per heavy atom.